The second kappa shape index (κ2) is 13.2. The van der Waals surface area contributed by atoms with Crippen molar-refractivity contribution in [1.29, 1.82) is 0 Å². The number of rotatable bonds is 12. The number of thiazole rings is 1. The number of methoxy groups -OCH3 is 1. The monoisotopic (exact) mass is 433 g/mol. The Labute approximate surface area is 184 Å². The van der Waals surface area contributed by atoms with Crippen LogP contribution in [-0.4, -0.2) is 74.8 Å². The third-order valence-corrected chi connectivity index (χ3v) is 5.31. The second-order valence-corrected chi connectivity index (χ2v) is 8.24. The van der Waals surface area contributed by atoms with Gasteiger partial charge in [-0.05, 0) is 38.6 Å². The predicted octanol–water partition coefficient (Wildman–Crippen LogP) is 3.01. The van der Waals surface area contributed by atoms with Gasteiger partial charge in [-0.1, -0.05) is 12.1 Å². The number of aryl methyl sites for hydroxylation is 1. The van der Waals surface area contributed by atoms with E-state index in [1.807, 2.05) is 26.1 Å². The van der Waals surface area contributed by atoms with Crippen molar-refractivity contribution in [2.75, 3.05) is 54.1 Å². The molecule has 30 heavy (non-hydrogen) atoms. The Balaban J connectivity index is 1.91. The molecule has 0 bridgehead atoms. The van der Waals surface area contributed by atoms with Crippen LogP contribution in [0, 0.1) is 6.92 Å². The van der Waals surface area contributed by atoms with E-state index in [0.717, 1.165) is 60.8 Å². The Morgan fingerprint density at radius 2 is 2.03 bits per heavy atom. The molecule has 166 valence electrons. The number of nitrogens with zero attached hydrogens (tertiary/aromatic N) is 4. The summed E-state index contributed by atoms with van der Waals surface area (Å²) >= 11 is 1.67. The zero-order valence-corrected chi connectivity index (χ0v) is 19.7. The fourth-order valence-corrected chi connectivity index (χ4v) is 3.45. The topological polar surface area (TPSA) is 62.2 Å². The minimum atomic E-state index is 0.591. The zero-order valence-electron chi connectivity index (χ0n) is 18.9. The third-order valence-electron chi connectivity index (χ3n) is 4.49. The van der Waals surface area contributed by atoms with E-state index in [1.54, 1.807) is 18.4 Å². The zero-order chi connectivity index (χ0) is 21.8. The van der Waals surface area contributed by atoms with Crippen LogP contribution in [0.3, 0.4) is 0 Å². The summed E-state index contributed by atoms with van der Waals surface area (Å²) in [5.41, 5.74) is 2.19. The van der Waals surface area contributed by atoms with Gasteiger partial charge < -0.3 is 24.6 Å². The van der Waals surface area contributed by atoms with Crippen LogP contribution in [0.15, 0.2) is 34.6 Å². The van der Waals surface area contributed by atoms with Gasteiger partial charge >= 0.3 is 0 Å². The lowest BCUT2D eigenvalue weighted by Crippen LogP contribution is -2.38. The molecule has 0 unspecified atom stereocenters. The van der Waals surface area contributed by atoms with E-state index < -0.39 is 0 Å². The number of likely N-dealkylation sites (N-methyl/N-ethyl adjacent to an activating group) is 1. The fourth-order valence-electron chi connectivity index (χ4n) is 2.85. The van der Waals surface area contributed by atoms with Crippen molar-refractivity contribution in [2.45, 2.75) is 26.9 Å². The second-order valence-electron chi connectivity index (χ2n) is 7.18. The molecule has 2 rings (SSSR count). The number of aliphatic imine (C=N–C) groups is 1. The standard InChI is InChI=1S/C22H35N5O2S/c1-6-23-22(27(4)16-20-17-30-18(2)25-20)24-15-19-8-7-9-21(14-19)29-13-11-26(3)10-12-28-5/h7-9,14,17H,6,10-13,15-16H2,1-5H3,(H,23,24). The number of aromatic nitrogens is 1. The first-order valence-electron chi connectivity index (χ1n) is 10.3. The maximum absolute atomic E-state index is 5.92. The van der Waals surface area contributed by atoms with Crippen LogP contribution in [0.2, 0.25) is 0 Å². The number of hydrogen-bond donors (Lipinski definition) is 1. The van der Waals surface area contributed by atoms with Crippen LogP contribution in [0.1, 0.15) is 23.2 Å². The molecule has 7 nitrogen and oxygen atoms in total. The van der Waals surface area contributed by atoms with Gasteiger partial charge in [0.2, 0.25) is 0 Å². The molecule has 0 radical (unpaired) electrons. The van der Waals surface area contributed by atoms with Crippen LogP contribution in [0.5, 0.6) is 5.75 Å². The molecule has 0 spiro atoms. The van der Waals surface area contributed by atoms with Crippen LogP contribution in [0.25, 0.3) is 0 Å². The van der Waals surface area contributed by atoms with E-state index in [1.165, 1.54) is 0 Å². The van der Waals surface area contributed by atoms with Crippen molar-refractivity contribution in [3.05, 3.63) is 45.9 Å². The van der Waals surface area contributed by atoms with Crippen LogP contribution in [-0.2, 0) is 17.8 Å². The number of guanidine groups is 1. The first kappa shape index (κ1) is 24.1. The van der Waals surface area contributed by atoms with Gasteiger partial charge in [0.05, 0.1) is 30.4 Å². The molecule has 1 heterocycles. The highest BCUT2D eigenvalue weighted by atomic mass is 32.1. The van der Waals surface area contributed by atoms with Gasteiger partial charge in [0.15, 0.2) is 5.96 Å². The van der Waals surface area contributed by atoms with Crippen molar-refractivity contribution in [1.82, 2.24) is 20.1 Å². The summed E-state index contributed by atoms with van der Waals surface area (Å²) < 4.78 is 11.0. The average Bonchev–Trinajstić information content (AvgIpc) is 3.14. The van der Waals surface area contributed by atoms with Gasteiger partial charge in [-0.25, -0.2) is 9.98 Å². The molecule has 0 saturated heterocycles. The van der Waals surface area contributed by atoms with Gasteiger partial charge in [0.1, 0.15) is 12.4 Å². The van der Waals surface area contributed by atoms with Crippen molar-refractivity contribution >= 4 is 17.3 Å². The molecule has 1 aromatic carbocycles. The van der Waals surface area contributed by atoms with Crippen LogP contribution < -0.4 is 10.1 Å². The molecule has 2 aromatic rings. The summed E-state index contributed by atoms with van der Waals surface area (Å²) in [6.45, 7) is 9.38. The normalized spacial score (nSPS) is 11.7. The lowest BCUT2D eigenvalue weighted by atomic mass is 10.2. The predicted molar refractivity (Wildman–Crippen MR) is 124 cm³/mol. The van der Waals surface area contributed by atoms with Crippen LogP contribution >= 0.6 is 11.3 Å². The lowest BCUT2D eigenvalue weighted by molar-refractivity contribution is 0.150. The van der Waals surface area contributed by atoms with Gasteiger partial charge in [-0.3, -0.25) is 0 Å². The third kappa shape index (κ3) is 8.69. The molecule has 0 aliphatic heterocycles. The quantitative estimate of drug-likeness (QED) is 0.410. The molecule has 0 aliphatic rings. The van der Waals surface area contributed by atoms with Gasteiger partial charge in [-0.15, -0.1) is 11.3 Å². The largest absolute Gasteiger partial charge is 0.492 e. The Morgan fingerprint density at radius 1 is 1.23 bits per heavy atom. The van der Waals surface area contributed by atoms with E-state index in [4.69, 9.17) is 14.5 Å². The maximum Gasteiger partial charge on any atom is 0.194 e. The Bertz CT molecular complexity index is 780. The van der Waals surface area contributed by atoms with Crippen molar-refractivity contribution in [2.24, 2.45) is 4.99 Å². The smallest absolute Gasteiger partial charge is 0.194 e. The van der Waals surface area contributed by atoms with Gasteiger partial charge in [-0.2, -0.15) is 0 Å². The molecule has 0 fully saturated rings. The molecular weight excluding hydrogens is 398 g/mol. The van der Waals surface area contributed by atoms with E-state index in [9.17, 15) is 0 Å². The highest BCUT2D eigenvalue weighted by Crippen LogP contribution is 2.15. The fraction of sp³-hybridized carbons (Fsp3) is 0.545. The minimum absolute atomic E-state index is 0.591. The van der Waals surface area contributed by atoms with Crippen molar-refractivity contribution < 1.29 is 9.47 Å². The Kier molecular flexibility index (Phi) is 10.6. The van der Waals surface area contributed by atoms with Gasteiger partial charge in [0.25, 0.3) is 0 Å². The average molecular weight is 434 g/mol. The molecule has 0 saturated carbocycles. The number of benzene rings is 1. The SMILES string of the molecule is CCNC(=NCc1cccc(OCCN(C)CCOC)c1)N(C)Cc1csc(C)n1. The molecule has 0 atom stereocenters. The highest BCUT2D eigenvalue weighted by molar-refractivity contribution is 7.09. The molecular formula is C22H35N5O2S. The molecule has 1 N–H and O–H groups in total. The van der Waals surface area contributed by atoms with Gasteiger partial charge in [0, 0.05) is 39.2 Å². The molecule has 1 aromatic heterocycles. The first-order valence-corrected chi connectivity index (χ1v) is 11.2. The number of nitrogens with one attached hydrogen (secondary N) is 1. The summed E-state index contributed by atoms with van der Waals surface area (Å²) in [4.78, 5) is 13.6. The summed E-state index contributed by atoms with van der Waals surface area (Å²) in [5, 5.41) is 6.55. The summed E-state index contributed by atoms with van der Waals surface area (Å²) in [7, 11) is 5.83. The molecule has 0 aliphatic carbocycles. The summed E-state index contributed by atoms with van der Waals surface area (Å²) in [6.07, 6.45) is 0. The Hall–Kier alpha value is -2.16. The molecule has 8 heteroatoms. The Morgan fingerprint density at radius 3 is 2.73 bits per heavy atom. The number of ether oxygens (including phenoxy) is 2. The summed E-state index contributed by atoms with van der Waals surface area (Å²) in [6, 6.07) is 8.15. The number of hydrogen-bond acceptors (Lipinski definition) is 6. The van der Waals surface area contributed by atoms with E-state index in [-0.39, 0.29) is 0 Å². The van der Waals surface area contributed by atoms with Crippen molar-refractivity contribution in [3.8, 4) is 5.75 Å². The maximum atomic E-state index is 5.92. The molecule has 0 amide bonds. The van der Waals surface area contributed by atoms with Crippen molar-refractivity contribution in [3.63, 3.8) is 0 Å². The van der Waals surface area contributed by atoms with E-state index in [0.29, 0.717) is 13.2 Å². The highest BCUT2D eigenvalue weighted by Gasteiger charge is 2.09. The summed E-state index contributed by atoms with van der Waals surface area (Å²) in [5.74, 6) is 1.74. The van der Waals surface area contributed by atoms with E-state index in [2.05, 4.69) is 51.6 Å². The minimum Gasteiger partial charge on any atom is -0.492 e. The van der Waals surface area contributed by atoms with Crippen LogP contribution in [0.4, 0.5) is 0 Å². The lowest BCUT2D eigenvalue weighted by Gasteiger charge is -2.21. The first-order chi connectivity index (χ1) is 14.5. The van der Waals surface area contributed by atoms with E-state index >= 15 is 0 Å².